The van der Waals surface area contributed by atoms with Crippen LogP contribution in [0.2, 0.25) is 0 Å². The van der Waals surface area contributed by atoms with Gasteiger partial charge >= 0.3 is 0 Å². The van der Waals surface area contributed by atoms with Gasteiger partial charge in [0.05, 0.1) is 6.10 Å². The van der Waals surface area contributed by atoms with Crippen LogP contribution in [0.15, 0.2) is 36.0 Å². The molecule has 1 heteroatoms. The van der Waals surface area contributed by atoms with Crippen molar-refractivity contribution in [1.82, 2.24) is 0 Å². The van der Waals surface area contributed by atoms with Crippen LogP contribution in [0.5, 0.6) is 0 Å². The standard InChI is InChI=1S/C13H22O.2C2H6/c1-6-13(9-10(2)3)8-7-11(4)12(5)14;2*1-2/h6-8,10,12,14H,1,9H2,2-5H3;2*1-2H3/b11-7+,13-8+;;/t12-;;/m1../s1. The minimum Gasteiger partial charge on any atom is -0.389 e. The SMILES string of the molecule is C=C/C(=C\C=C(/C)[C@@H](C)O)CC(C)C.CC.CC. The number of hydrogen-bond donors (Lipinski definition) is 1. The normalized spacial score (nSPS) is 13.0. The van der Waals surface area contributed by atoms with Crippen molar-refractivity contribution >= 4 is 0 Å². The molecule has 0 heterocycles. The van der Waals surface area contributed by atoms with Crippen molar-refractivity contribution in [2.24, 2.45) is 5.92 Å². The van der Waals surface area contributed by atoms with E-state index < -0.39 is 0 Å². The van der Waals surface area contributed by atoms with Crippen molar-refractivity contribution in [3.63, 3.8) is 0 Å². The quantitative estimate of drug-likeness (QED) is 0.640. The molecular formula is C17H34O. The van der Waals surface area contributed by atoms with Crippen molar-refractivity contribution < 1.29 is 5.11 Å². The lowest BCUT2D eigenvalue weighted by Gasteiger charge is -2.05. The van der Waals surface area contributed by atoms with E-state index in [0.717, 1.165) is 12.0 Å². The summed E-state index contributed by atoms with van der Waals surface area (Å²) in [5.74, 6) is 0.638. The van der Waals surface area contributed by atoms with Crippen molar-refractivity contribution in [2.45, 2.75) is 67.9 Å². The Labute approximate surface area is 115 Å². The van der Waals surface area contributed by atoms with Crippen molar-refractivity contribution in [3.8, 4) is 0 Å². The van der Waals surface area contributed by atoms with Gasteiger partial charge in [0.25, 0.3) is 0 Å². The number of hydrogen-bond acceptors (Lipinski definition) is 1. The second-order valence-electron chi connectivity index (χ2n) is 4.13. The van der Waals surface area contributed by atoms with E-state index in [2.05, 4.69) is 20.4 Å². The van der Waals surface area contributed by atoms with Crippen LogP contribution in [0, 0.1) is 5.92 Å². The number of rotatable bonds is 5. The van der Waals surface area contributed by atoms with E-state index in [9.17, 15) is 5.11 Å². The summed E-state index contributed by atoms with van der Waals surface area (Å²) in [4.78, 5) is 0. The van der Waals surface area contributed by atoms with Crippen molar-refractivity contribution in [1.29, 1.82) is 0 Å². The average Bonchev–Trinajstić information content (AvgIpc) is 2.38. The lowest BCUT2D eigenvalue weighted by molar-refractivity contribution is 0.231. The molecular weight excluding hydrogens is 220 g/mol. The molecule has 0 fully saturated rings. The zero-order chi connectivity index (χ0) is 15.1. The Bertz CT molecular complexity index is 232. The Balaban J connectivity index is -0.000000506. The van der Waals surface area contributed by atoms with E-state index in [4.69, 9.17) is 0 Å². The summed E-state index contributed by atoms with van der Waals surface area (Å²) in [7, 11) is 0. The molecule has 0 amide bonds. The van der Waals surface area contributed by atoms with E-state index in [1.807, 2.05) is 52.8 Å². The van der Waals surface area contributed by atoms with Crippen LogP contribution in [-0.2, 0) is 0 Å². The van der Waals surface area contributed by atoms with Gasteiger partial charge in [0, 0.05) is 0 Å². The molecule has 0 aliphatic heterocycles. The molecule has 0 unspecified atom stereocenters. The Morgan fingerprint density at radius 2 is 1.50 bits per heavy atom. The second kappa shape index (κ2) is 16.2. The highest BCUT2D eigenvalue weighted by Crippen LogP contribution is 2.12. The fraction of sp³-hybridized carbons (Fsp3) is 0.647. The van der Waals surface area contributed by atoms with Crippen molar-refractivity contribution in [3.05, 3.63) is 36.0 Å². The Morgan fingerprint density at radius 3 is 1.78 bits per heavy atom. The summed E-state index contributed by atoms with van der Waals surface area (Å²) in [5, 5.41) is 9.26. The van der Waals surface area contributed by atoms with Gasteiger partial charge in [0.15, 0.2) is 0 Å². The molecule has 0 rings (SSSR count). The largest absolute Gasteiger partial charge is 0.389 e. The maximum absolute atomic E-state index is 9.26. The maximum atomic E-state index is 9.26. The first-order chi connectivity index (χ1) is 8.47. The van der Waals surface area contributed by atoms with E-state index in [1.165, 1.54) is 5.57 Å². The Morgan fingerprint density at radius 1 is 1.06 bits per heavy atom. The summed E-state index contributed by atoms with van der Waals surface area (Å²) >= 11 is 0. The van der Waals surface area contributed by atoms with Gasteiger partial charge in [-0.15, -0.1) is 0 Å². The lowest BCUT2D eigenvalue weighted by Crippen LogP contribution is -2.00. The first-order valence-corrected chi connectivity index (χ1v) is 7.15. The molecule has 0 saturated carbocycles. The van der Waals surface area contributed by atoms with Crippen LogP contribution >= 0.6 is 0 Å². The first kappa shape index (κ1) is 22.4. The molecule has 18 heavy (non-hydrogen) atoms. The van der Waals surface area contributed by atoms with Crippen LogP contribution in [0.25, 0.3) is 0 Å². The third-order valence-corrected chi connectivity index (χ3v) is 2.13. The zero-order valence-electron chi connectivity index (χ0n) is 13.7. The molecule has 0 spiro atoms. The van der Waals surface area contributed by atoms with Crippen LogP contribution in [0.3, 0.4) is 0 Å². The predicted molar refractivity (Wildman–Crippen MR) is 85.9 cm³/mol. The van der Waals surface area contributed by atoms with Gasteiger partial charge in [-0.2, -0.15) is 0 Å². The van der Waals surface area contributed by atoms with Gasteiger partial charge in [-0.05, 0) is 37.3 Å². The smallest absolute Gasteiger partial charge is 0.0722 e. The number of allylic oxidation sites excluding steroid dienone is 4. The van der Waals surface area contributed by atoms with Gasteiger partial charge in [-0.1, -0.05) is 66.3 Å². The lowest BCUT2D eigenvalue weighted by atomic mass is 10.0. The molecule has 0 aromatic carbocycles. The summed E-state index contributed by atoms with van der Waals surface area (Å²) < 4.78 is 0. The number of aliphatic hydroxyl groups is 1. The minimum atomic E-state index is -0.364. The monoisotopic (exact) mass is 254 g/mol. The topological polar surface area (TPSA) is 20.2 Å². The molecule has 0 aromatic rings. The molecule has 0 aliphatic carbocycles. The Hall–Kier alpha value is -0.820. The van der Waals surface area contributed by atoms with Gasteiger partial charge in [-0.25, -0.2) is 0 Å². The fourth-order valence-electron chi connectivity index (χ4n) is 1.07. The Kier molecular flexibility index (Phi) is 20.1. The van der Waals surface area contributed by atoms with Crippen LogP contribution in [-0.4, -0.2) is 11.2 Å². The van der Waals surface area contributed by atoms with E-state index in [-0.39, 0.29) is 6.10 Å². The highest BCUT2D eigenvalue weighted by molar-refractivity contribution is 5.25. The molecule has 1 N–H and O–H groups in total. The third kappa shape index (κ3) is 15.2. The molecule has 0 radical (unpaired) electrons. The summed E-state index contributed by atoms with van der Waals surface area (Å²) in [5.41, 5.74) is 2.20. The maximum Gasteiger partial charge on any atom is 0.0722 e. The van der Waals surface area contributed by atoms with Gasteiger partial charge in [0.2, 0.25) is 0 Å². The summed E-state index contributed by atoms with van der Waals surface area (Å²) in [6.07, 6.45) is 6.55. The molecule has 0 saturated heterocycles. The fourth-order valence-corrected chi connectivity index (χ4v) is 1.07. The molecule has 0 aromatic heterocycles. The van der Waals surface area contributed by atoms with Crippen LogP contribution in [0.4, 0.5) is 0 Å². The summed E-state index contributed by atoms with van der Waals surface area (Å²) in [6.45, 7) is 19.8. The highest BCUT2D eigenvalue weighted by atomic mass is 16.3. The third-order valence-electron chi connectivity index (χ3n) is 2.13. The van der Waals surface area contributed by atoms with Gasteiger partial charge in [-0.3, -0.25) is 0 Å². The first-order valence-electron chi connectivity index (χ1n) is 7.15. The van der Waals surface area contributed by atoms with Gasteiger partial charge in [0.1, 0.15) is 0 Å². The molecule has 0 bridgehead atoms. The van der Waals surface area contributed by atoms with E-state index in [1.54, 1.807) is 6.92 Å². The predicted octanol–water partition coefficient (Wildman–Crippen LogP) is 5.52. The highest BCUT2D eigenvalue weighted by Gasteiger charge is 1.98. The van der Waals surface area contributed by atoms with E-state index >= 15 is 0 Å². The molecule has 1 nitrogen and oxygen atoms in total. The zero-order valence-corrected chi connectivity index (χ0v) is 13.7. The van der Waals surface area contributed by atoms with Gasteiger partial charge < -0.3 is 5.11 Å². The van der Waals surface area contributed by atoms with Crippen LogP contribution < -0.4 is 0 Å². The minimum absolute atomic E-state index is 0.364. The van der Waals surface area contributed by atoms with Crippen LogP contribution in [0.1, 0.15) is 61.8 Å². The number of aliphatic hydroxyl groups excluding tert-OH is 1. The summed E-state index contributed by atoms with van der Waals surface area (Å²) in [6, 6.07) is 0. The molecule has 108 valence electrons. The van der Waals surface area contributed by atoms with E-state index in [0.29, 0.717) is 5.92 Å². The molecule has 0 aliphatic rings. The molecule has 1 atom stereocenters. The van der Waals surface area contributed by atoms with Crippen molar-refractivity contribution in [2.75, 3.05) is 0 Å². The second-order valence-corrected chi connectivity index (χ2v) is 4.13. The average molecular weight is 254 g/mol.